The van der Waals surface area contributed by atoms with Gasteiger partial charge in [-0.05, 0) is 47.9 Å². The van der Waals surface area contributed by atoms with Crippen molar-refractivity contribution in [1.29, 1.82) is 0 Å². The Bertz CT molecular complexity index is 1500. The minimum Gasteiger partial charge on any atom is -0.443 e. The van der Waals surface area contributed by atoms with E-state index < -0.39 is 35.0 Å². The summed E-state index contributed by atoms with van der Waals surface area (Å²) < 4.78 is 60.0. The molecule has 0 unspecified atom stereocenters. The fraction of sp³-hybridized carbons (Fsp3) is 0.346. The van der Waals surface area contributed by atoms with Gasteiger partial charge in [0.1, 0.15) is 29.3 Å². The Labute approximate surface area is 208 Å². The van der Waals surface area contributed by atoms with E-state index in [0.29, 0.717) is 17.8 Å². The van der Waals surface area contributed by atoms with Crippen molar-refractivity contribution >= 4 is 0 Å². The van der Waals surface area contributed by atoms with Crippen LogP contribution in [0.4, 0.5) is 17.6 Å². The summed E-state index contributed by atoms with van der Waals surface area (Å²) in [6, 6.07) is 5.37. The highest BCUT2D eigenvalue weighted by Gasteiger charge is 2.65. The van der Waals surface area contributed by atoms with Crippen LogP contribution in [0.1, 0.15) is 61.4 Å². The van der Waals surface area contributed by atoms with Crippen molar-refractivity contribution in [3.8, 4) is 22.8 Å². The van der Waals surface area contributed by atoms with Gasteiger partial charge in [-0.2, -0.15) is 5.10 Å². The summed E-state index contributed by atoms with van der Waals surface area (Å²) in [7, 11) is 0. The van der Waals surface area contributed by atoms with Crippen LogP contribution in [0.2, 0.25) is 0 Å². The summed E-state index contributed by atoms with van der Waals surface area (Å²) in [5.41, 5.74) is 0.815. The molecular formula is C26H21F4N5O2. The van der Waals surface area contributed by atoms with Crippen LogP contribution in [-0.4, -0.2) is 36.7 Å². The normalized spacial score (nSPS) is 22.4. The van der Waals surface area contributed by atoms with Gasteiger partial charge in [-0.3, -0.25) is 4.98 Å². The average molecular weight is 511 g/mol. The van der Waals surface area contributed by atoms with Crippen molar-refractivity contribution in [2.24, 2.45) is 5.41 Å². The molecule has 2 bridgehead atoms. The number of fused-ring (bicyclic) bond motifs is 5. The van der Waals surface area contributed by atoms with Crippen molar-refractivity contribution in [2.45, 2.75) is 50.6 Å². The molecular weight excluding hydrogens is 490 g/mol. The number of hydrogen-bond acceptors (Lipinski definition) is 7. The monoisotopic (exact) mass is 511 g/mol. The van der Waals surface area contributed by atoms with Crippen LogP contribution < -0.4 is 0 Å². The number of alkyl halides is 2. The molecule has 1 saturated carbocycles. The molecule has 3 heterocycles. The van der Waals surface area contributed by atoms with Gasteiger partial charge < -0.3 is 9.52 Å². The van der Waals surface area contributed by atoms with Crippen molar-refractivity contribution < 1.29 is 27.1 Å². The first kappa shape index (κ1) is 23.7. The number of aliphatic hydroxyl groups excluding tert-OH is 1. The van der Waals surface area contributed by atoms with Crippen molar-refractivity contribution in [1.82, 2.24) is 25.1 Å². The predicted molar refractivity (Wildman–Crippen MR) is 122 cm³/mol. The highest BCUT2D eigenvalue weighted by atomic mass is 19.3. The first-order chi connectivity index (χ1) is 17.6. The minimum absolute atomic E-state index is 0.0339. The molecule has 11 heteroatoms. The average Bonchev–Trinajstić information content (AvgIpc) is 3.52. The van der Waals surface area contributed by atoms with Crippen molar-refractivity contribution in [3.05, 3.63) is 77.2 Å². The summed E-state index contributed by atoms with van der Waals surface area (Å²) in [5, 5.41) is 18.3. The lowest BCUT2D eigenvalue weighted by atomic mass is 9.66. The number of aromatic nitrogens is 5. The molecule has 3 aromatic heterocycles. The quantitative estimate of drug-likeness (QED) is 0.360. The number of nitrogens with zero attached hydrogens (tertiary/aromatic N) is 5. The highest BCUT2D eigenvalue weighted by molar-refractivity contribution is 5.64. The Morgan fingerprint density at radius 1 is 1.05 bits per heavy atom. The zero-order chi connectivity index (χ0) is 26.1. The van der Waals surface area contributed by atoms with Crippen LogP contribution in [0.15, 0.2) is 47.3 Å². The molecule has 37 heavy (non-hydrogen) atoms. The Balaban J connectivity index is 1.46. The molecule has 7 nitrogen and oxygen atoms in total. The maximum atomic E-state index is 14.5. The Kier molecular flexibility index (Phi) is 5.20. The fourth-order valence-electron chi connectivity index (χ4n) is 6.10. The van der Waals surface area contributed by atoms with E-state index in [0.717, 1.165) is 18.2 Å². The van der Waals surface area contributed by atoms with E-state index >= 15 is 0 Å². The van der Waals surface area contributed by atoms with Crippen molar-refractivity contribution in [3.63, 3.8) is 0 Å². The molecule has 3 atom stereocenters. The highest BCUT2D eigenvalue weighted by Crippen LogP contribution is 2.69. The topological polar surface area (TPSA) is 97.8 Å². The molecule has 0 aliphatic heterocycles. The van der Waals surface area contributed by atoms with E-state index in [-0.39, 0.29) is 34.5 Å². The standard InChI is InChI=1S/C26H21F4N5O2/c1-25(2)13-6-7-26(25,22-12(13)8-16(34-35-22)20-14(27)4-3-5-15(20)28)19-10-31-9-17(32-19)24-33-18(11-37-24)21(36)23(29)30/h3-5,8-11,13,21,23,36H,6-7H2,1-2H3/t13-,21-,26-/m0/s1. The minimum atomic E-state index is -3.01. The lowest BCUT2D eigenvalue weighted by molar-refractivity contribution is -0.00824. The third kappa shape index (κ3) is 3.26. The molecule has 2 aliphatic carbocycles. The number of rotatable bonds is 5. The summed E-state index contributed by atoms with van der Waals surface area (Å²) in [5.74, 6) is -1.45. The van der Waals surface area contributed by atoms with Crippen LogP contribution in [0.5, 0.6) is 0 Å². The Morgan fingerprint density at radius 3 is 2.54 bits per heavy atom. The summed E-state index contributed by atoms with van der Waals surface area (Å²) in [4.78, 5) is 13.0. The van der Waals surface area contributed by atoms with Gasteiger partial charge in [-0.1, -0.05) is 19.9 Å². The van der Waals surface area contributed by atoms with E-state index in [4.69, 9.17) is 9.40 Å². The van der Waals surface area contributed by atoms with Gasteiger partial charge >= 0.3 is 0 Å². The molecule has 1 fully saturated rings. The van der Waals surface area contributed by atoms with Crippen LogP contribution in [0.25, 0.3) is 22.8 Å². The third-order valence-corrected chi connectivity index (χ3v) is 7.96. The lowest BCUT2D eigenvalue weighted by Crippen LogP contribution is -2.38. The Hall–Kier alpha value is -3.73. The van der Waals surface area contributed by atoms with Crippen LogP contribution in [-0.2, 0) is 5.41 Å². The fourth-order valence-corrected chi connectivity index (χ4v) is 6.10. The van der Waals surface area contributed by atoms with Gasteiger partial charge in [-0.25, -0.2) is 27.5 Å². The lowest BCUT2D eigenvalue weighted by Gasteiger charge is -2.37. The molecule has 190 valence electrons. The largest absolute Gasteiger partial charge is 0.443 e. The van der Waals surface area contributed by atoms with Gasteiger partial charge in [0.05, 0.1) is 34.3 Å². The van der Waals surface area contributed by atoms with E-state index in [1.165, 1.54) is 24.4 Å². The molecule has 1 aromatic carbocycles. The summed E-state index contributed by atoms with van der Waals surface area (Å²) in [6.07, 6.45) is 0.379. The number of benzene rings is 1. The first-order valence-corrected chi connectivity index (χ1v) is 11.7. The second-order valence-corrected chi connectivity index (χ2v) is 9.99. The number of hydrogen-bond donors (Lipinski definition) is 1. The van der Waals surface area contributed by atoms with Gasteiger partial charge in [0, 0.05) is 6.20 Å². The molecule has 0 radical (unpaired) electrons. The summed E-state index contributed by atoms with van der Waals surface area (Å²) >= 11 is 0. The van der Waals surface area contributed by atoms with Gasteiger partial charge in [0.2, 0.25) is 5.89 Å². The predicted octanol–water partition coefficient (Wildman–Crippen LogP) is 5.37. The molecule has 2 aliphatic rings. The van der Waals surface area contributed by atoms with Crippen LogP contribution >= 0.6 is 0 Å². The maximum Gasteiger partial charge on any atom is 0.269 e. The van der Waals surface area contributed by atoms with E-state index in [2.05, 4.69) is 34.0 Å². The molecule has 0 amide bonds. The Morgan fingerprint density at radius 2 is 1.81 bits per heavy atom. The van der Waals surface area contributed by atoms with E-state index in [9.17, 15) is 22.7 Å². The second-order valence-electron chi connectivity index (χ2n) is 9.99. The molecule has 4 aromatic rings. The number of halogens is 4. The molecule has 0 saturated heterocycles. The zero-order valence-electron chi connectivity index (χ0n) is 19.8. The van der Waals surface area contributed by atoms with Gasteiger partial charge in [0.15, 0.2) is 6.10 Å². The van der Waals surface area contributed by atoms with Crippen LogP contribution in [0, 0.1) is 17.0 Å². The van der Waals surface area contributed by atoms with Gasteiger partial charge in [0.25, 0.3) is 6.43 Å². The van der Waals surface area contributed by atoms with Gasteiger partial charge in [-0.15, -0.1) is 5.10 Å². The zero-order valence-corrected chi connectivity index (χ0v) is 19.8. The number of aliphatic hydroxyl groups is 1. The smallest absolute Gasteiger partial charge is 0.269 e. The number of oxazole rings is 1. The second kappa shape index (κ2) is 8.14. The molecule has 1 N–H and O–H groups in total. The van der Waals surface area contributed by atoms with E-state index in [1.807, 2.05) is 0 Å². The third-order valence-electron chi connectivity index (χ3n) is 7.96. The summed E-state index contributed by atoms with van der Waals surface area (Å²) in [6.45, 7) is 4.18. The van der Waals surface area contributed by atoms with Crippen LogP contribution in [0.3, 0.4) is 0 Å². The molecule has 0 spiro atoms. The van der Waals surface area contributed by atoms with Crippen molar-refractivity contribution in [2.75, 3.05) is 0 Å². The maximum absolute atomic E-state index is 14.5. The first-order valence-electron chi connectivity index (χ1n) is 11.7. The van der Waals surface area contributed by atoms with E-state index in [1.54, 1.807) is 12.3 Å². The SMILES string of the molecule is CC1(C)[C@H]2CC[C@]1(c1cncc(-c3nc([C@H](O)C(F)F)co3)n1)c1nnc(-c3c(F)cccc3F)cc12. The molecule has 6 rings (SSSR count).